The monoisotopic (exact) mass is 263 g/mol. The first-order valence-corrected chi connectivity index (χ1v) is 6.55. The maximum atomic E-state index is 11.4. The second-order valence-electron chi connectivity index (χ2n) is 4.91. The number of benzene rings is 1. The van der Waals surface area contributed by atoms with Gasteiger partial charge in [-0.15, -0.1) is 0 Å². The fraction of sp³-hybridized carbons (Fsp3) is 0.467. The van der Waals surface area contributed by atoms with Crippen molar-refractivity contribution in [2.24, 2.45) is 0 Å². The molecule has 4 heteroatoms. The zero-order valence-corrected chi connectivity index (χ0v) is 11.7. The maximum absolute atomic E-state index is 11.4. The Morgan fingerprint density at radius 1 is 1.26 bits per heavy atom. The number of aliphatic carboxylic acids is 1. The topological polar surface area (TPSA) is 57.6 Å². The Morgan fingerprint density at radius 3 is 2.16 bits per heavy atom. The van der Waals surface area contributed by atoms with E-state index >= 15 is 0 Å². The standard InChI is InChI=1S/C15H21NO3/c1-4-9-16(10-17)14(15(18)19)13-7-5-12(6-8-13)11(2)3/h5-8,10-11,14H,4,9H2,1-3H3,(H,18,19). The third kappa shape index (κ3) is 3.81. The van der Waals surface area contributed by atoms with Gasteiger partial charge in [0.05, 0.1) is 0 Å². The van der Waals surface area contributed by atoms with Gasteiger partial charge in [-0.05, 0) is 23.5 Å². The molecule has 0 spiro atoms. The highest BCUT2D eigenvalue weighted by molar-refractivity contribution is 5.78. The van der Waals surface area contributed by atoms with Gasteiger partial charge in [0.1, 0.15) is 0 Å². The van der Waals surface area contributed by atoms with Gasteiger partial charge in [0.25, 0.3) is 0 Å². The Balaban J connectivity index is 3.05. The van der Waals surface area contributed by atoms with Crippen molar-refractivity contribution in [1.29, 1.82) is 0 Å². The number of rotatable bonds is 7. The van der Waals surface area contributed by atoms with E-state index in [0.717, 1.165) is 12.0 Å². The molecule has 0 aromatic heterocycles. The average molecular weight is 263 g/mol. The smallest absolute Gasteiger partial charge is 0.331 e. The minimum atomic E-state index is -1.00. The van der Waals surface area contributed by atoms with Crippen LogP contribution in [0.25, 0.3) is 0 Å². The molecule has 4 nitrogen and oxygen atoms in total. The molecule has 0 aliphatic rings. The van der Waals surface area contributed by atoms with E-state index in [2.05, 4.69) is 13.8 Å². The molecule has 0 radical (unpaired) electrons. The molecule has 1 N–H and O–H groups in total. The molecule has 1 atom stereocenters. The van der Waals surface area contributed by atoms with E-state index in [1.807, 2.05) is 19.1 Å². The fourth-order valence-electron chi connectivity index (χ4n) is 2.04. The highest BCUT2D eigenvalue weighted by Crippen LogP contribution is 2.23. The Labute approximate surface area is 114 Å². The van der Waals surface area contributed by atoms with Crippen LogP contribution in [0.3, 0.4) is 0 Å². The number of nitrogens with zero attached hydrogens (tertiary/aromatic N) is 1. The van der Waals surface area contributed by atoms with Gasteiger partial charge in [-0.2, -0.15) is 0 Å². The van der Waals surface area contributed by atoms with Gasteiger partial charge >= 0.3 is 5.97 Å². The second-order valence-corrected chi connectivity index (χ2v) is 4.91. The van der Waals surface area contributed by atoms with E-state index in [-0.39, 0.29) is 0 Å². The predicted octanol–water partition coefficient (Wildman–Crippen LogP) is 2.80. The summed E-state index contributed by atoms with van der Waals surface area (Å²) in [7, 11) is 0. The lowest BCUT2D eigenvalue weighted by Crippen LogP contribution is -2.33. The van der Waals surface area contributed by atoms with Gasteiger partial charge in [-0.1, -0.05) is 45.0 Å². The molecule has 104 valence electrons. The first-order chi connectivity index (χ1) is 9.01. The van der Waals surface area contributed by atoms with Gasteiger partial charge in [-0.25, -0.2) is 4.79 Å². The Bertz CT molecular complexity index is 426. The summed E-state index contributed by atoms with van der Waals surface area (Å²) in [6, 6.07) is 6.52. The van der Waals surface area contributed by atoms with Crippen LogP contribution in [0.4, 0.5) is 0 Å². The minimum Gasteiger partial charge on any atom is -0.479 e. The lowest BCUT2D eigenvalue weighted by Gasteiger charge is -2.25. The van der Waals surface area contributed by atoms with Gasteiger partial charge in [0, 0.05) is 6.54 Å². The molecule has 1 rings (SSSR count). The van der Waals surface area contributed by atoms with Crippen LogP contribution in [0.5, 0.6) is 0 Å². The summed E-state index contributed by atoms with van der Waals surface area (Å²) in [5.74, 6) is -0.604. The van der Waals surface area contributed by atoms with E-state index in [1.54, 1.807) is 12.1 Å². The predicted molar refractivity (Wildman–Crippen MR) is 74.0 cm³/mol. The van der Waals surface area contributed by atoms with Crippen molar-refractivity contribution in [3.63, 3.8) is 0 Å². The van der Waals surface area contributed by atoms with Crippen LogP contribution in [-0.4, -0.2) is 28.9 Å². The molecular weight excluding hydrogens is 242 g/mol. The molecule has 0 aliphatic heterocycles. The van der Waals surface area contributed by atoms with E-state index in [9.17, 15) is 14.7 Å². The van der Waals surface area contributed by atoms with Crippen LogP contribution >= 0.6 is 0 Å². The molecule has 0 bridgehead atoms. The summed E-state index contributed by atoms with van der Waals surface area (Å²) in [5.41, 5.74) is 1.79. The molecule has 0 heterocycles. The van der Waals surface area contributed by atoms with E-state index < -0.39 is 12.0 Å². The van der Waals surface area contributed by atoms with Crippen LogP contribution in [0.15, 0.2) is 24.3 Å². The van der Waals surface area contributed by atoms with Crippen molar-refractivity contribution >= 4 is 12.4 Å². The third-order valence-electron chi connectivity index (χ3n) is 3.10. The molecule has 1 amide bonds. The zero-order valence-electron chi connectivity index (χ0n) is 11.7. The van der Waals surface area contributed by atoms with Crippen LogP contribution in [0.2, 0.25) is 0 Å². The summed E-state index contributed by atoms with van der Waals surface area (Å²) in [6.07, 6.45) is 1.34. The number of carbonyl (C=O) groups is 2. The maximum Gasteiger partial charge on any atom is 0.331 e. The van der Waals surface area contributed by atoms with Gasteiger partial charge < -0.3 is 10.0 Å². The van der Waals surface area contributed by atoms with E-state index in [4.69, 9.17) is 0 Å². The number of amides is 1. The number of hydrogen-bond donors (Lipinski definition) is 1. The fourth-order valence-corrected chi connectivity index (χ4v) is 2.04. The van der Waals surface area contributed by atoms with Crippen molar-refractivity contribution in [2.45, 2.75) is 39.2 Å². The van der Waals surface area contributed by atoms with Crippen molar-refractivity contribution in [3.8, 4) is 0 Å². The molecule has 19 heavy (non-hydrogen) atoms. The summed E-state index contributed by atoms with van der Waals surface area (Å²) in [4.78, 5) is 23.8. The highest BCUT2D eigenvalue weighted by atomic mass is 16.4. The number of hydrogen-bond acceptors (Lipinski definition) is 2. The zero-order chi connectivity index (χ0) is 14.4. The van der Waals surface area contributed by atoms with E-state index in [1.165, 1.54) is 4.90 Å². The SMILES string of the molecule is CCCN(C=O)C(C(=O)O)c1ccc(C(C)C)cc1. The molecule has 0 saturated carbocycles. The Morgan fingerprint density at radius 2 is 1.79 bits per heavy atom. The van der Waals surface area contributed by atoms with Crippen LogP contribution in [0.1, 0.15) is 50.3 Å². The normalized spacial score (nSPS) is 12.2. The third-order valence-corrected chi connectivity index (χ3v) is 3.10. The Hall–Kier alpha value is -1.84. The summed E-state index contributed by atoms with van der Waals surface area (Å²) < 4.78 is 0. The summed E-state index contributed by atoms with van der Waals surface area (Å²) >= 11 is 0. The summed E-state index contributed by atoms with van der Waals surface area (Å²) in [5, 5.41) is 9.33. The first-order valence-electron chi connectivity index (χ1n) is 6.55. The van der Waals surface area contributed by atoms with Gasteiger partial charge in [0.15, 0.2) is 6.04 Å². The number of carboxylic acids is 1. The Kier molecular flexibility index (Phi) is 5.55. The second kappa shape index (κ2) is 6.92. The molecular formula is C15H21NO3. The number of carbonyl (C=O) groups excluding carboxylic acids is 1. The highest BCUT2D eigenvalue weighted by Gasteiger charge is 2.25. The van der Waals surface area contributed by atoms with Crippen molar-refractivity contribution < 1.29 is 14.7 Å². The largest absolute Gasteiger partial charge is 0.479 e. The number of carboxylic acid groups (broad SMARTS) is 1. The van der Waals surface area contributed by atoms with Crippen LogP contribution in [0, 0.1) is 0 Å². The molecule has 1 aromatic rings. The van der Waals surface area contributed by atoms with Crippen molar-refractivity contribution in [3.05, 3.63) is 35.4 Å². The van der Waals surface area contributed by atoms with Crippen LogP contribution in [-0.2, 0) is 9.59 Å². The average Bonchev–Trinajstić information content (AvgIpc) is 2.38. The van der Waals surface area contributed by atoms with Crippen LogP contribution < -0.4 is 0 Å². The lowest BCUT2D eigenvalue weighted by atomic mass is 9.98. The summed E-state index contributed by atoms with van der Waals surface area (Å²) in [6.45, 7) is 6.51. The molecule has 1 aromatic carbocycles. The lowest BCUT2D eigenvalue weighted by molar-refractivity contribution is -0.146. The quantitative estimate of drug-likeness (QED) is 0.769. The minimum absolute atomic E-state index is 0.398. The molecule has 0 aliphatic carbocycles. The first kappa shape index (κ1) is 15.2. The van der Waals surface area contributed by atoms with Gasteiger partial charge in [-0.3, -0.25) is 4.79 Å². The van der Waals surface area contributed by atoms with Gasteiger partial charge in [0.2, 0.25) is 6.41 Å². The molecule has 0 fully saturated rings. The van der Waals surface area contributed by atoms with E-state index in [0.29, 0.717) is 24.4 Å². The molecule has 1 unspecified atom stereocenters. The molecule has 0 saturated heterocycles. The van der Waals surface area contributed by atoms with Crippen molar-refractivity contribution in [2.75, 3.05) is 6.54 Å². The van der Waals surface area contributed by atoms with Crippen molar-refractivity contribution in [1.82, 2.24) is 4.90 Å².